The van der Waals surface area contributed by atoms with E-state index in [2.05, 4.69) is 12.1 Å². The maximum Gasteiger partial charge on any atom is 0.129 e. The van der Waals surface area contributed by atoms with Gasteiger partial charge in [-0.05, 0) is 67.6 Å². The third-order valence-electron chi connectivity index (χ3n) is 7.32. The minimum absolute atomic E-state index is 0.0748. The highest BCUT2D eigenvalue weighted by Gasteiger charge is 2.49. The van der Waals surface area contributed by atoms with Crippen LogP contribution in [-0.2, 0) is 4.84 Å². The minimum Gasteiger partial charge on any atom is -0.395 e. The molecule has 0 aromatic carbocycles. The maximum absolute atomic E-state index is 10.7. The molecule has 4 nitrogen and oxygen atoms in total. The zero-order valence-electron chi connectivity index (χ0n) is 16.0. The van der Waals surface area contributed by atoms with Crippen molar-refractivity contribution in [3.05, 3.63) is 0 Å². The predicted molar refractivity (Wildman–Crippen MR) is 102 cm³/mol. The number of nitrogens with two attached hydrogens (primary N) is 1. The van der Waals surface area contributed by atoms with Gasteiger partial charge in [0.05, 0.1) is 6.10 Å². The second-order valence-electron chi connectivity index (χ2n) is 8.90. The molecule has 0 bridgehead atoms. The number of nitrogens with zero attached hydrogens (tertiary/aromatic N) is 1. The highest BCUT2D eigenvalue weighted by Crippen LogP contribution is 2.54. The summed E-state index contributed by atoms with van der Waals surface area (Å²) in [5.41, 5.74) is 5.38. The fraction of sp³-hybridized carbons (Fsp3) is 0.952. The predicted octanol–water partition coefficient (Wildman–Crippen LogP) is 3.97. The Bertz CT molecular complexity index is 422. The third-order valence-corrected chi connectivity index (χ3v) is 7.32. The molecule has 0 heterocycles. The Hall–Kier alpha value is -0.610. The van der Waals surface area contributed by atoms with Crippen molar-refractivity contribution in [2.45, 2.75) is 77.2 Å². The zero-order chi connectivity index (χ0) is 17.6. The first kappa shape index (κ1) is 19.2. The van der Waals surface area contributed by atoms with Crippen LogP contribution in [0.15, 0.2) is 5.16 Å². The Labute approximate surface area is 153 Å². The van der Waals surface area contributed by atoms with E-state index in [1.165, 1.54) is 44.9 Å². The quantitative estimate of drug-likeness (QED) is 0.415. The molecule has 0 aliphatic heterocycles. The molecule has 0 saturated heterocycles. The molecule has 3 fully saturated rings. The number of aliphatic hydroxyl groups is 1. The van der Waals surface area contributed by atoms with Crippen molar-refractivity contribution in [3.8, 4) is 0 Å². The van der Waals surface area contributed by atoms with E-state index >= 15 is 0 Å². The standard InChI is InChI=1S/C21H38N2O2/c1-15-12-18(16-6-3-2-4-7-16)13-19-20(24)14-17(21(15)19)8-5-10-23-25-11-9-22/h10,15-21,24H,2-9,11-14,22H2,1H3/b23-10+/t15?,17-,18-,19+,20?,21+/m0/s1. The monoisotopic (exact) mass is 350 g/mol. The summed E-state index contributed by atoms with van der Waals surface area (Å²) in [7, 11) is 0. The molecule has 0 aromatic heterocycles. The molecule has 3 aliphatic carbocycles. The summed E-state index contributed by atoms with van der Waals surface area (Å²) in [4.78, 5) is 5.07. The average Bonchev–Trinajstić information content (AvgIpc) is 2.95. The van der Waals surface area contributed by atoms with E-state index in [-0.39, 0.29) is 6.10 Å². The normalized spacial score (nSPS) is 39.6. The molecular formula is C21H38N2O2. The number of oxime groups is 1. The highest BCUT2D eigenvalue weighted by atomic mass is 16.6. The van der Waals surface area contributed by atoms with Crippen molar-refractivity contribution >= 4 is 6.21 Å². The molecule has 3 N–H and O–H groups in total. The fourth-order valence-corrected chi connectivity index (χ4v) is 6.33. The lowest BCUT2D eigenvalue weighted by molar-refractivity contribution is 0.0224. The number of hydrogen-bond acceptors (Lipinski definition) is 4. The van der Waals surface area contributed by atoms with Crippen LogP contribution in [0.2, 0.25) is 0 Å². The van der Waals surface area contributed by atoms with Crippen LogP contribution in [0.4, 0.5) is 0 Å². The lowest BCUT2D eigenvalue weighted by atomic mass is 9.62. The van der Waals surface area contributed by atoms with E-state index in [1.807, 2.05) is 6.21 Å². The van der Waals surface area contributed by atoms with Gasteiger partial charge in [0.25, 0.3) is 0 Å². The summed E-state index contributed by atoms with van der Waals surface area (Å²) in [5, 5.41) is 14.7. The van der Waals surface area contributed by atoms with Crippen molar-refractivity contribution in [2.24, 2.45) is 46.4 Å². The second-order valence-corrected chi connectivity index (χ2v) is 8.90. The molecule has 0 radical (unpaired) electrons. The van der Waals surface area contributed by atoms with Gasteiger partial charge in [0.15, 0.2) is 0 Å². The fourth-order valence-electron chi connectivity index (χ4n) is 6.33. The molecule has 3 aliphatic rings. The van der Waals surface area contributed by atoms with E-state index in [4.69, 9.17) is 10.6 Å². The zero-order valence-corrected chi connectivity index (χ0v) is 16.0. The molecule has 3 saturated carbocycles. The number of fused-ring (bicyclic) bond motifs is 1. The van der Waals surface area contributed by atoms with Crippen LogP contribution >= 0.6 is 0 Å². The molecule has 0 amide bonds. The summed E-state index contributed by atoms with van der Waals surface area (Å²) in [6.45, 7) is 3.45. The van der Waals surface area contributed by atoms with E-state index in [0.29, 0.717) is 30.9 Å². The first-order chi connectivity index (χ1) is 12.2. The van der Waals surface area contributed by atoms with Crippen molar-refractivity contribution in [1.29, 1.82) is 0 Å². The van der Waals surface area contributed by atoms with Crippen molar-refractivity contribution < 1.29 is 9.94 Å². The lowest BCUT2D eigenvalue weighted by Crippen LogP contribution is -2.37. The largest absolute Gasteiger partial charge is 0.395 e. The summed E-state index contributed by atoms with van der Waals surface area (Å²) in [5.74, 6) is 4.49. The van der Waals surface area contributed by atoms with Gasteiger partial charge in [0.1, 0.15) is 6.61 Å². The molecule has 6 atom stereocenters. The first-order valence-corrected chi connectivity index (χ1v) is 10.7. The van der Waals surface area contributed by atoms with E-state index < -0.39 is 0 Å². The van der Waals surface area contributed by atoms with Crippen LogP contribution in [-0.4, -0.2) is 30.6 Å². The van der Waals surface area contributed by atoms with E-state index in [0.717, 1.165) is 37.0 Å². The van der Waals surface area contributed by atoms with Crippen LogP contribution in [0, 0.1) is 35.5 Å². The van der Waals surface area contributed by atoms with Gasteiger partial charge in [0.2, 0.25) is 0 Å². The molecule has 25 heavy (non-hydrogen) atoms. The molecule has 2 unspecified atom stereocenters. The third kappa shape index (κ3) is 4.77. The number of hydrogen-bond donors (Lipinski definition) is 2. The van der Waals surface area contributed by atoms with Gasteiger partial charge in [-0.15, -0.1) is 0 Å². The summed E-state index contributed by atoms with van der Waals surface area (Å²) in [6, 6.07) is 0. The van der Waals surface area contributed by atoms with E-state index in [1.54, 1.807) is 0 Å². The van der Waals surface area contributed by atoms with Crippen molar-refractivity contribution in [1.82, 2.24) is 0 Å². The van der Waals surface area contributed by atoms with Gasteiger partial charge < -0.3 is 15.7 Å². The molecule has 0 spiro atoms. The topological polar surface area (TPSA) is 67.8 Å². The van der Waals surface area contributed by atoms with Gasteiger partial charge in [0, 0.05) is 12.8 Å². The lowest BCUT2D eigenvalue weighted by Gasteiger charge is -2.43. The van der Waals surface area contributed by atoms with Gasteiger partial charge in [-0.25, -0.2) is 0 Å². The maximum atomic E-state index is 10.7. The van der Waals surface area contributed by atoms with Crippen molar-refractivity contribution in [3.63, 3.8) is 0 Å². The summed E-state index contributed by atoms with van der Waals surface area (Å²) < 4.78 is 0. The Morgan fingerprint density at radius 2 is 1.92 bits per heavy atom. The van der Waals surface area contributed by atoms with Crippen molar-refractivity contribution in [2.75, 3.05) is 13.2 Å². The highest BCUT2D eigenvalue weighted by molar-refractivity contribution is 5.56. The molecule has 3 rings (SSSR count). The van der Waals surface area contributed by atoms with Gasteiger partial charge in [-0.1, -0.05) is 44.2 Å². The summed E-state index contributed by atoms with van der Waals surface area (Å²) in [6.07, 6.45) is 14.7. The Kier molecular flexibility index (Phi) is 7.18. The van der Waals surface area contributed by atoms with Crippen LogP contribution in [0.5, 0.6) is 0 Å². The van der Waals surface area contributed by atoms with Crippen LogP contribution < -0.4 is 5.73 Å². The van der Waals surface area contributed by atoms with Gasteiger partial charge in [-0.2, -0.15) is 0 Å². The number of aliphatic hydroxyl groups excluding tert-OH is 1. The smallest absolute Gasteiger partial charge is 0.129 e. The molecule has 4 heteroatoms. The average molecular weight is 351 g/mol. The molecule has 144 valence electrons. The minimum atomic E-state index is -0.0748. The molecular weight excluding hydrogens is 312 g/mol. The van der Waals surface area contributed by atoms with Crippen LogP contribution in [0.3, 0.4) is 0 Å². The first-order valence-electron chi connectivity index (χ1n) is 10.7. The molecule has 0 aromatic rings. The second kappa shape index (κ2) is 9.36. The van der Waals surface area contributed by atoms with Crippen LogP contribution in [0.1, 0.15) is 71.1 Å². The Balaban J connectivity index is 1.52. The number of rotatable bonds is 7. The van der Waals surface area contributed by atoms with E-state index in [9.17, 15) is 5.11 Å². The van der Waals surface area contributed by atoms with Gasteiger partial charge in [-0.3, -0.25) is 0 Å². The summed E-state index contributed by atoms with van der Waals surface area (Å²) >= 11 is 0. The SMILES string of the molecule is CC1C[C@H](C2CCCCC2)C[C@@H]2C(O)C[C@H](CC/C=N/OCCN)[C@@H]12. The Morgan fingerprint density at radius 3 is 2.68 bits per heavy atom. The Morgan fingerprint density at radius 1 is 1.12 bits per heavy atom. The van der Waals surface area contributed by atoms with Crippen LogP contribution in [0.25, 0.3) is 0 Å². The van der Waals surface area contributed by atoms with Gasteiger partial charge >= 0.3 is 0 Å².